The van der Waals surface area contributed by atoms with Gasteiger partial charge in [0.25, 0.3) is 5.56 Å². The SMILES string of the molecule is Nc1cccc(-c2ccc(-c3c(-c4ccc(Cl)cc4)cccc3-n3ncc4c(=O)[nH]cnc43)cc2)n1. The van der Waals surface area contributed by atoms with Crippen LogP contribution in [0.3, 0.4) is 0 Å². The molecule has 0 spiro atoms. The number of nitrogens with zero attached hydrogens (tertiary/aromatic N) is 4. The predicted molar refractivity (Wildman–Crippen MR) is 143 cm³/mol. The van der Waals surface area contributed by atoms with Crippen molar-refractivity contribution in [3.8, 4) is 39.2 Å². The maximum absolute atomic E-state index is 12.3. The Hall–Kier alpha value is -4.75. The summed E-state index contributed by atoms with van der Waals surface area (Å²) in [6.45, 7) is 0. The molecule has 0 aliphatic rings. The lowest BCUT2D eigenvalue weighted by molar-refractivity contribution is 0.896. The predicted octanol–water partition coefficient (Wildman–Crippen LogP) is 5.74. The number of benzene rings is 3. The van der Waals surface area contributed by atoms with Gasteiger partial charge in [0.2, 0.25) is 0 Å². The second-order valence-electron chi connectivity index (χ2n) is 8.26. The number of fused-ring (bicyclic) bond motifs is 1. The normalized spacial score (nSPS) is 11.1. The third-order valence-corrected chi connectivity index (χ3v) is 6.29. The summed E-state index contributed by atoms with van der Waals surface area (Å²) in [5.41, 5.74) is 12.6. The van der Waals surface area contributed by atoms with Crippen molar-refractivity contribution in [2.75, 3.05) is 5.73 Å². The highest BCUT2D eigenvalue weighted by Crippen LogP contribution is 2.38. The molecule has 3 N–H and O–H groups in total. The van der Waals surface area contributed by atoms with Crippen molar-refractivity contribution in [1.29, 1.82) is 0 Å². The number of aromatic amines is 1. The molecule has 0 amide bonds. The molecule has 0 fully saturated rings. The maximum Gasteiger partial charge on any atom is 0.261 e. The first-order valence-electron chi connectivity index (χ1n) is 11.2. The van der Waals surface area contributed by atoms with Crippen molar-refractivity contribution >= 4 is 28.5 Å². The van der Waals surface area contributed by atoms with E-state index in [1.54, 1.807) is 10.7 Å². The Labute approximate surface area is 210 Å². The fraction of sp³-hybridized carbons (Fsp3) is 0. The first-order chi connectivity index (χ1) is 17.6. The van der Waals surface area contributed by atoms with Gasteiger partial charge in [-0.15, -0.1) is 0 Å². The van der Waals surface area contributed by atoms with Crippen LogP contribution in [0.25, 0.3) is 50.2 Å². The summed E-state index contributed by atoms with van der Waals surface area (Å²) in [6.07, 6.45) is 2.92. The third-order valence-electron chi connectivity index (χ3n) is 6.04. The van der Waals surface area contributed by atoms with Crippen LogP contribution >= 0.6 is 11.6 Å². The molecule has 7 nitrogen and oxygen atoms in total. The number of anilines is 1. The number of pyridine rings is 1. The quantitative estimate of drug-likeness (QED) is 0.328. The molecule has 3 aromatic heterocycles. The molecule has 3 heterocycles. The van der Waals surface area contributed by atoms with Gasteiger partial charge in [-0.2, -0.15) is 5.10 Å². The summed E-state index contributed by atoms with van der Waals surface area (Å²) in [5, 5.41) is 5.61. The van der Waals surface area contributed by atoms with E-state index in [1.165, 1.54) is 12.5 Å². The Morgan fingerprint density at radius 1 is 0.833 bits per heavy atom. The van der Waals surface area contributed by atoms with E-state index in [0.29, 0.717) is 21.9 Å². The van der Waals surface area contributed by atoms with Crippen LogP contribution in [0, 0.1) is 0 Å². The second kappa shape index (κ2) is 8.79. The Morgan fingerprint density at radius 2 is 1.56 bits per heavy atom. The van der Waals surface area contributed by atoms with Crippen LogP contribution in [0.2, 0.25) is 5.02 Å². The van der Waals surface area contributed by atoms with Crippen molar-refractivity contribution in [3.63, 3.8) is 0 Å². The summed E-state index contributed by atoms with van der Waals surface area (Å²) in [4.78, 5) is 23.8. The van der Waals surface area contributed by atoms with Gasteiger partial charge in [-0.05, 0) is 47.0 Å². The zero-order valence-corrected chi connectivity index (χ0v) is 19.6. The first kappa shape index (κ1) is 21.8. The second-order valence-corrected chi connectivity index (χ2v) is 8.69. The van der Waals surface area contributed by atoms with Gasteiger partial charge in [0.1, 0.15) is 11.2 Å². The molecule has 0 saturated carbocycles. The minimum absolute atomic E-state index is 0.236. The molecule has 0 bridgehead atoms. The fourth-order valence-electron chi connectivity index (χ4n) is 4.34. The highest BCUT2D eigenvalue weighted by Gasteiger charge is 2.18. The molecule has 0 saturated heterocycles. The smallest absolute Gasteiger partial charge is 0.261 e. The zero-order chi connectivity index (χ0) is 24.6. The van der Waals surface area contributed by atoms with Crippen LogP contribution in [-0.4, -0.2) is 24.7 Å². The molecular weight excluding hydrogens is 472 g/mol. The van der Waals surface area contributed by atoms with Crippen LogP contribution in [0.15, 0.2) is 102 Å². The van der Waals surface area contributed by atoms with E-state index < -0.39 is 0 Å². The molecule has 6 rings (SSSR count). The number of nitrogens with two attached hydrogens (primary N) is 1. The van der Waals surface area contributed by atoms with Crippen LogP contribution < -0.4 is 11.3 Å². The van der Waals surface area contributed by atoms with Gasteiger partial charge in [0, 0.05) is 16.1 Å². The largest absolute Gasteiger partial charge is 0.384 e. The zero-order valence-electron chi connectivity index (χ0n) is 18.9. The van der Waals surface area contributed by atoms with Gasteiger partial charge in [-0.1, -0.05) is 66.2 Å². The molecule has 0 radical (unpaired) electrons. The molecule has 0 atom stereocenters. The van der Waals surface area contributed by atoms with Crippen LogP contribution in [-0.2, 0) is 0 Å². The average molecular weight is 491 g/mol. The van der Waals surface area contributed by atoms with Crippen LogP contribution in [0.5, 0.6) is 0 Å². The highest BCUT2D eigenvalue weighted by molar-refractivity contribution is 6.30. The number of hydrogen-bond acceptors (Lipinski definition) is 5. The molecular formula is C28H19ClN6O. The van der Waals surface area contributed by atoms with Crippen molar-refractivity contribution in [1.82, 2.24) is 24.7 Å². The van der Waals surface area contributed by atoms with Gasteiger partial charge in [0.05, 0.1) is 23.9 Å². The number of nitrogen functional groups attached to an aromatic ring is 1. The standard InChI is InChI=1S/C28H19ClN6O/c29-20-13-11-17(12-14-20)21-3-1-5-24(35-27-22(15-33-35)28(36)32-16-31-27)26(21)19-9-7-18(8-10-19)23-4-2-6-25(30)34-23/h1-16H,(H2,30,34)(H,31,32,36). The van der Waals surface area contributed by atoms with Crippen molar-refractivity contribution in [2.24, 2.45) is 0 Å². The summed E-state index contributed by atoms with van der Waals surface area (Å²) in [5.74, 6) is 0.472. The number of hydrogen-bond donors (Lipinski definition) is 2. The molecule has 0 aliphatic carbocycles. The van der Waals surface area contributed by atoms with Crippen molar-refractivity contribution in [2.45, 2.75) is 0 Å². The summed E-state index contributed by atoms with van der Waals surface area (Å²) in [7, 11) is 0. The number of nitrogens with one attached hydrogen (secondary N) is 1. The fourth-order valence-corrected chi connectivity index (χ4v) is 4.47. The molecule has 36 heavy (non-hydrogen) atoms. The van der Waals surface area contributed by atoms with E-state index in [4.69, 9.17) is 17.3 Å². The van der Waals surface area contributed by atoms with E-state index in [0.717, 1.165) is 39.2 Å². The molecule has 0 unspecified atom stereocenters. The number of aromatic nitrogens is 5. The topological polar surface area (TPSA) is 102 Å². The summed E-state index contributed by atoms with van der Waals surface area (Å²) < 4.78 is 1.70. The van der Waals surface area contributed by atoms with Gasteiger partial charge in [-0.25, -0.2) is 14.6 Å². The van der Waals surface area contributed by atoms with Gasteiger partial charge < -0.3 is 10.7 Å². The maximum atomic E-state index is 12.3. The Morgan fingerprint density at radius 3 is 2.33 bits per heavy atom. The Kier molecular flexibility index (Phi) is 5.32. The van der Waals surface area contributed by atoms with Crippen LogP contribution in [0.4, 0.5) is 5.82 Å². The molecule has 174 valence electrons. The van der Waals surface area contributed by atoms with Crippen LogP contribution in [0.1, 0.15) is 0 Å². The molecule has 6 aromatic rings. The van der Waals surface area contributed by atoms with E-state index in [1.807, 2.05) is 72.8 Å². The number of rotatable bonds is 4. The lowest BCUT2D eigenvalue weighted by Crippen LogP contribution is -2.07. The monoisotopic (exact) mass is 490 g/mol. The Balaban J connectivity index is 1.58. The molecule has 3 aromatic carbocycles. The van der Waals surface area contributed by atoms with Gasteiger partial charge in [0.15, 0.2) is 5.65 Å². The van der Waals surface area contributed by atoms with Gasteiger partial charge >= 0.3 is 0 Å². The molecule has 0 aliphatic heterocycles. The van der Waals surface area contributed by atoms with Gasteiger partial charge in [-0.3, -0.25) is 4.79 Å². The lowest BCUT2D eigenvalue weighted by Gasteiger charge is -2.17. The summed E-state index contributed by atoms with van der Waals surface area (Å²) in [6, 6.07) is 27.4. The average Bonchev–Trinajstić information content (AvgIpc) is 3.34. The van der Waals surface area contributed by atoms with Crippen molar-refractivity contribution < 1.29 is 0 Å². The Bertz CT molecular complexity index is 1770. The minimum atomic E-state index is -0.236. The minimum Gasteiger partial charge on any atom is -0.384 e. The molecule has 8 heteroatoms. The van der Waals surface area contributed by atoms with E-state index in [2.05, 4.69) is 26.1 Å². The summed E-state index contributed by atoms with van der Waals surface area (Å²) >= 11 is 6.17. The third kappa shape index (κ3) is 3.81. The lowest BCUT2D eigenvalue weighted by atomic mass is 9.92. The first-order valence-corrected chi connectivity index (χ1v) is 11.6. The highest BCUT2D eigenvalue weighted by atomic mass is 35.5. The van der Waals surface area contributed by atoms with Crippen molar-refractivity contribution in [3.05, 3.63) is 113 Å². The van der Waals surface area contributed by atoms with E-state index in [9.17, 15) is 4.79 Å². The van der Waals surface area contributed by atoms with E-state index in [-0.39, 0.29) is 5.56 Å². The number of halogens is 1. The number of H-pyrrole nitrogens is 1. The van der Waals surface area contributed by atoms with E-state index >= 15 is 0 Å².